The van der Waals surface area contributed by atoms with Gasteiger partial charge >= 0.3 is 0 Å². The molecule has 0 saturated carbocycles. The minimum Gasteiger partial charge on any atom is -0.497 e. The number of aromatic nitrogens is 2. The van der Waals surface area contributed by atoms with Crippen LogP contribution in [0.25, 0.3) is 0 Å². The molecule has 0 aliphatic rings. The summed E-state index contributed by atoms with van der Waals surface area (Å²) in [5.74, 6) is 0.885. The largest absolute Gasteiger partial charge is 0.497 e. The van der Waals surface area contributed by atoms with E-state index in [1.165, 1.54) is 23.1 Å². The van der Waals surface area contributed by atoms with E-state index >= 15 is 0 Å². The molecule has 0 aliphatic heterocycles. The van der Waals surface area contributed by atoms with Gasteiger partial charge in [-0.25, -0.2) is 0 Å². The van der Waals surface area contributed by atoms with Crippen molar-refractivity contribution in [1.82, 2.24) is 15.1 Å². The Bertz CT molecular complexity index is 912. The molecule has 2 aromatic carbocycles. The third-order valence-corrected chi connectivity index (χ3v) is 6.53. The topological polar surface area (TPSA) is 67.4 Å². The Morgan fingerprint density at radius 3 is 2.41 bits per heavy atom. The van der Waals surface area contributed by atoms with Crippen molar-refractivity contribution in [3.8, 4) is 5.75 Å². The highest BCUT2D eigenvalue weighted by Crippen LogP contribution is 2.39. The van der Waals surface area contributed by atoms with Crippen LogP contribution >= 0.6 is 23.1 Å². The Morgan fingerprint density at radius 1 is 1.10 bits per heavy atom. The summed E-state index contributed by atoms with van der Waals surface area (Å²) in [5.41, 5.74) is 1.87. The molecule has 0 fully saturated rings. The fourth-order valence-corrected chi connectivity index (χ4v) is 4.84. The molecule has 1 atom stereocenters. The highest BCUT2D eigenvalue weighted by molar-refractivity contribution is 8.01. The zero-order valence-corrected chi connectivity index (χ0v) is 18.3. The Kier molecular flexibility index (Phi) is 7.48. The number of rotatable bonds is 9. The van der Waals surface area contributed by atoms with Crippen molar-refractivity contribution in [3.63, 3.8) is 0 Å². The fraction of sp³-hybridized carbons (Fsp3) is 0.286. The maximum absolute atomic E-state index is 13.1. The number of nitrogens with one attached hydrogen (secondary N) is 1. The number of carbonyl (C=O) groups is 1. The van der Waals surface area contributed by atoms with Crippen LogP contribution in [-0.4, -0.2) is 41.2 Å². The molecule has 3 rings (SSSR count). The van der Waals surface area contributed by atoms with E-state index in [0.29, 0.717) is 18.2 Å². The van der Waals surface area contributed by atoms with Crippen molar-refractivity contribution in [2.45, 2.75) is 23.4 Å². The number of methoxy groups -OCH3 is 1. The quantitative estimate of drug-likeness (QED) is 0.484. The molecule has 1 amide bonds. The summed E-state index contributed by atoms with van der Waals surface area (Å²) in [6.07, 6.45) is 0. The average molecular weight is 429 g/mol. The van der Waals surface area contributed by atoms with Crippen LogP contribution in [0.2, 0.25) is 0 Å². The monoisotopic (exact) mass is 428 g/mol. The van der Waals surface area contributed by atoms with Crippen LogP contribution in [0.1, 0.15) is 24.7 Å². The van der Waals surface area contributed by atoms with Gasteiger partial charge in [0.2, 0.25) is 11.0 Å². The lowest BCUT2D eigenvalue weighted by Gasteiger charge is -2.24. The highest BCUT2D eigenvalue weighted by atomic mass is 32.2. The van der Waals surface area contributed by atoms with Gasteiger partial charge in [-0.3, -0.25) is 4.79 Å². The van der Waals surface area contributed by atoms with E-state index in [0.717, 1.165) is 21.3 Å². The molecule has 1 aromatic heterocycles. The third kappa shape index (κ3) is 5.48. The lowest BCUT2D eigenvalue weighted by atomic mass is 10.1. The SMILES string of the molecule is CCN(CC)C(=O)C(Sc1nnc(Nc2ccc(OC)cc2)s1)c1ccccc1. The van der Waals surface area contributed by atoms with Crippen LogP contribution in [-0.2, 0) is 4.79 Å². The second kappa shape index (κ2) is 10.3. The van der Waals surface area contributed by atoms with E-state index in [1.54, 1.807) is 7.11 Å². The number of benzene rings is 2. The number of thioether (sulfide) groups is 1. The number of likely N-dealkylation sites (N-methyl/N-ethyl adjacent to an activating group) is 1. The maximum Gasteiger partial charge on any atom is 0.240 e. The zero-order valence-electron chi connectivity index (χ0n) is 16.7. The first-order valence-corrected chi connectivity index (χ1v) is 11.1. The Balaban J connectivity index is 1.76. The standard InChI is InChI=1S/C21H24N4O2S2/c1-4-25(5-2)19(26)18(15-9-7-6-8-10-15)28-21-24-23-20(29-21)22-16-11-13-17(27-3)14-12-16/h6-14,18H,4-5H2,1-3H3,(H,22,23). The Labute approximate surface area is 179 Å². The van der Waals surface area contributed by atoms with Gasteiger partial charge in [0.05, 0.1) is 7.11 Å². The molecule has 3 aromatic rings. The van der Waals surface area contributed by atoms with Crippen molar-refractivity contribution in [1.29, 1.82) is 0 Å². The first-order valence-electron chi connectivity index (χ1n) is 9.39. The number of nitrogens with zero attached hydrogens (tertiary/aromatic N) is 3. The summed E-state index contributed by atoms with van der Waals surface area (Å²) in [7, 11) is 1.64. The van der Waals surface area contributed by atoms with E-state index in [-0.39, 0.29) is 11.2 Å². The van der Waals surface area contributed by atoms with Gasteiger partial charge in [0.25, 0.3) is 0 Å². The molecule has 1 heterocycles. The maximum atomic E-state index is 13.1. The molecule has 0 radical (unpaired) electrons. The summed E-state index contributed by atoms with van der Waals surface area (Å²) >= 11 is 2.87. The van der Waals surface area contributed by atoms with Gasteiger partial charge in [-0.1, -0.05) is 53.4 Å². The molecule has 1 N–H and O–H groups in total. The van der Waals surface area contributed by atoms with Crippen molar-refractivity contribution in [2.24, 2.45) is 0 Å². The predicted molar refractivity (Wildman–Crippen MR) is 119 cm³/mol. The molecule has 0 spiro atoms. The van der Waals surface area contributed by atoms with Crippen molar-refractivity contribution in [3.05, 3.63) is 60.2 Å². The van der Waals surface area contributed by atoms with Crippen LogP contribution in [0.4, 0.5) is 10.8 Å². The summed E-state index contributed by atoms with van der Waals surface area (Å²) in [5, 5.41) is 12.1. The first-order chi connectivity index (χ1) is 14.1. The highest BCUT2D eigenvalue weighted by Gasteiger charge is 2.27. The summed E-state index contributed by atoms with van der Waals surface area (Å²) in [6, 6.07) is 17.4. The van der Waals surface area contributed by atoms with Gasteiger partial charge in [-0.05, 0) is 43.7 Å². The van der Waals surface area contributed by atoms with Gasteiger partial charge in [-0.2, -0.15) is 0 Å². The molecule has 29 heavy (non-hydrogen) atoms. The van der Waals surface area contributed by atoms with E-state index in [2.05, 4.69) is 15.5 Å². The van der Waals surface area contributed by atoms with Crippen molar-refractivity contribution >= 4 is 39.8 Å². The average Bonchev–Trinajstić information content (AvgIpc) is 3.21. The molecule has 152 valence electrons. The van der Waals surface area contributed by atoms with Crippen molar-refractivity contribution < 1.29 is 9.53 Å². The molecule has 0 bridgehead atoms. The molecular formula is C21H24N4O2S2. The summed E-state index contributed by atoms with van der Waals surface area (Å²) in [6.45, 7) is 5.35. The lowest BCUT2D eigenvalue weighted by Crippen LogP contribution is -2.33. The Hall–Kier alpha value is -2.58. The summed E-state index contributed by atoms with van der Waals surface area (Å²) in [4.78, 5) is 15.0. The molecule has 6 nitrogen and oxygen atoms in total. The minimum absolute atomic E-state index is 0.0889. The molecule has 0 saturated heterocycles. The number of anilines is 2. The Morgan fingerprint density at radius 2 is 1.79 bits per heavy atom. The minimum atomic E-state index is -0.349. The van der Waals surface area contributed by atoms with Gasteiger partial charge in [0.15, 0.2) is 4.34 Å². The second-order valence-electron chi connectivity index (χ2n) is 6.15. The van der Waals surface area contributed by atoms with E-state index in [1.807, 2.05) is 73.3 Å². The van der Waals surface area contributed by atoms with Gasteiger partial charge in [0.1, 0.15) is 11.0 Å². The zero-order chi connectivity index (χ0) is 20.6. The van der Waals surface area contributed by atoms with Crippen LogP contribution in [0.5, 0.6) is 5.75 Å². The normalized spacial score (nSPS) is 11.7. The number of amides is 1. The number of hydrogen-bond acceptors (Lipinski definition) is 7. The number of carbonyl (C=O) groups excluding carboxylic acids is 1. The fourth-order valence-electron chi connectivity index (χ4n) is 2.80. The van der Waals surface area contributed by atoms with Crippen LogP contribution in [0, 0.1) is 0 Å². The summed E-state index contributed by atoms with van der Waals surface area (Å²) < 4.78 is 5.92. The van der Waals surface area contributed by atoms with E-state index < -0.39 is 0 Å². The van der Waals surface area contributed by atoms with Gasteiger partial charge < -0.3 is 15.0 Å². The van der Waals surface area contributed by atoms with Crippen LogP contribution in [0.3, 0.4) is 0 Å². The molecule has 1 unspecified atom stereocenters. The smallest absolute Gasteiger partial charge is 0.240 e. The van der Waals surface area contributed by atoms with Crippen molar-refractivity contribution in [2.75, 3.05) is 25.5 Å². The van der Waals surface area contributed by atoms with E-state index in [9.17, 15) is 4.79 Å². The molecule has 0 aliphatic carbocycles. The second-order valence-corrected chi connectivity index (χ2v) is 8.48. The van der Waals surface area contributed by atoms with Crippen LogP contribution in [0.15, 0.2) is 58.9 Å². The third-order valence-electron chi connectivity index (χ3n) is 4.37. The number of hydrogen-bond donors (Lipinski definition) is 1. The predicted octanol–water partition coefficient (Wildman–Crippen LogP) is 4.99. The molecule has 8 heteroatoms. The van der Waals surface area contributed by atoms with Gasteiger partial charge in [-0.15, -0.1) is 10.2 Å². The lowest BCUT2D eigenvalue weighted by molar-refractivity contribution is -0.130. The number of ether oxygens (including phenoxy) is 1. The van der Waals surface area contributed by atoms with E-state index in [4.69, 9.17) is 4.74 Å². The van der Waals surface area contributed by atoms with Crippen LogP contribution < -0.4 is 10.1 Å². The van der Waals surface area contributed by atoms with Gasteiger partial charge in [0, 0.05) is 18.8 Å². The first kappa shape index (κ1) is 21.1. The molecular weight excluding hydrogens is 404 g/mol.